The number of carbonyl (C=O) groups excluding carboxylic acids is 1. The molecule has 5 nitrogen and oxygen atoms in total. The summed E-state index contributed by atoms with van der Waals surface area (Å²) in [5.41, 5.74) is 1.56. The molecule has 1 rings (SSSR count). The molecule has 2 atom stereocenters. The van der Waals surface area contributed by atoms with Gasteiger partial charge < -0.3 is 15.2 Å². The van der Waals surface area contributed by atoms with Gasteiger partial charge in [-0.25, -0.2) is 0 Å². The minimum absolute atomic E-state index is 0.336. The highest BCUT2D eigenvalue weighted by Gasteiger charge is 2.26. The number of amides is 1. The number of methoxy groups -OCH3 is 1. The molecule has 0 radical (unpaired) electrons. The van der Waals surface area contributed by atoms with Crippen LogP contribution in [0.4, 0.5) is 5.69 Å². The average molecular weight is 265 g/mol. The number of carboxylic acid groups (broad SMARTS) is 1. The second kappa shape index (κ2) is 6.22. The number of hydrogen-bond acceptors (Lipinski definition) is 3. The molecule has 2 unspecified atom stereocenters. The van der Waals surface area contributed by atoms with Crippen molar-refractivity contribution in [3.8, 4) is 5.75 Å². The van der Waals surface area contributed by atoms with Gasteiger partial charge in [-0.05, 0) is 24.6 Å². The monoisotopic (exact) mass is 265 g/mol. The summed E-state index contributed by atoms with van der Waals surface area (Å²) in [4.78, 5) is 22.8. The molecule has 1 aromatic carbocycles. The van der Waals surface area contributed by atoms with Crippen LogP contribution in [0.1, 0.15) is 19.4 Å². The van der Waals surface area contributed by atoms with E-state index >= 15 is 0 Å². The highest BCUT2D eigenvalue weighted by atomic mass is 16.5. The van der Waals surface area contributed by atoms with Crippen LogP contribution in [0.25, 0.3) is 0 Å². The Morgan fingerprint density at radius 1 is 1.26 bits per heavy atom. The predicted octanol–water partition coefficient (Wildman–Crippen LogP) is 2.30. The minimum Gasteiger partial charge on any atom is -0.495 e. The Labute approximate surface area is 112 Å². The van der Waals surface area contributed by atoms with E-state index in [9.17, 15) is 9.59 Å². The van der Waals surface area contributed by atoms with E-state index in [1.165, 1.54) is 14.0 Å². The second-order valence-corrected chi connectivity index (χ2v) is 4.61. The number of anilines is 1. The van der Waals surface area contributed by atoms with Crippen molar-refractivity contribution in [3.63, 3.8) is 0 Å². The zero-order valence-corrected chi connectivity index (χ0v) is 11.6. The van der Waals surface area contributed by atoms with E-state index in [0.717, 1.165) is 5.56 Å². The fourth-order valence-electron chi connectivity index (χ4n) is 1.59. The second-order valence-electron chi connectivity index (χ2n) is 4.61. The number of hydrogen-bond donors (Lipinski definition) is 2. The van der Waals surface area contributed by atoms with E-state index < -0.39 is 17.8 Å². The molecule has 0 spiro atoms. The number of aryl methyl sites for hydroxylation is 1. The number of carbonyl (C=O) groups is 2. The Morgan fingerprint density at radius 3 is 2.42 bits per heavy atom. The third kappa shape index (κ3) is 3.71. The van der Waals surface area contributed by atoms with Gasteiger partial charge in [0.15, 0.2) is 0 Å². The van der Waals surface area contributed by atoms with Gasteiger partial charge in [0.25, 0.3) is 0 Å². The Kier molecular flexibility index (Phi) is 4.92. The largest absolute Gasteiger partial charge is 0.495 e. The lowest BCUT2D eigenvalue weighted by Crippen LogP contribution is -2.30. The molecule has 0 aliphatic rings. The number of aliphatic carboxylic acids is 1. The number of carboxylic acids is 1. The fourth-order valence-corrected chi connectivity index (χ4v) is 1.59. The summed E-state index contributed by atoms with van der Waals surface area (Å²) < 4.78 is 5.18. The number of rotatable bonds is 5. The van der Waals surface area contributed by atoms with E-state index in [1.807, 2.05) is 13.0 Å². The first-order valence-electron chi connectivity index (χ1n) is 6.05. The molecular weight excluding hydrogens is 246 g/mol. The normalized spacial score (nSPS) is 13.5. The van der Waals surface area contributed by atoms with Crippen molar-refractivity contribution < 1.29 is 19.4 Å². The maximum Gasteiger partial charge on any atom is 0.307 e. The lowest BCUT2D eigenvalue weighted by molar-refractivity contribution is -0.145. The molecule has 1 aromatic rings. The van der Waals surface area contributed by atoms with Gasteiger partial charge in [0.2, 0.25) is 5.91 Å². The van der Waals surface area contributed by atoms with Gasteiger partial charge in [0, 0.05) is 5.92 Å². The van der Waals surface area contributed by atoms with Crippen LogP contribution in [0.15, 0.2) is 18.2 Å². The molecule has 1 amide bonds. The van der Waals surface area contributed by atoms with E-state index in [4.69, 9.17) is 9.84 Å². The molecule has 0 saturated carbocycles. The number of benzene rings is 1. The zero-order valence-electron chi connectivity index (χ0n) is 11.6. The molecule has 104 valence electrons. The van der Waals surface area contributed by atoms with Gasteiger partial charge in [0.1, 0.15) is 5.75 Å². The summed E-state index contributed by atoms with van der Waals surface area (Å²) in [6, 6.07) is 5.40. The van der Waals surface area contributed by atoms with Gasteiger partial charge in [-0.3, -0.25) is 9.59 Å². The van der Waals surface area contributed by atoms with E-state index in [-0.39, 0.29) is 5.91 Å². The van der Waals surface area contributed by atoms with Crippen LogP contribution in [0.3, 0.4) is 0 Å². The van der Waals surface area contributed by atoms with Crippen LogP contribution >= 0.6 is 0 Å². The summed E-state index contributed by atoms with van der Waals surface area (Å²) in [5, 5.41) is 11.6. The molecule has 0 aliphatic carbocycles. The molecular formula is C14H19NO4. The van der Waals surface area contributed by atoms with Crippen molar-refractivity contribution in [2.45, 2.75) is 20.8 Å². The van der Waals surface area contributed by atoms with Crippen molar-refractivity contribution in [1.29, 1.82) is 0 Å². The SMILES string of the molecule is COc1cc(C)ccc1NC(=O)C(C)C(C)C(=O)O. The third-order valence-electron chi connectivity index (χ3n) is 3.17. The fraction of sp³-hybridized carbons (Fsp3) is 0.429. The van der Waals surface area contributed by atoms with E-state index in [0.29, 0.717) is 11.4 Å². The maximum atomic E-state index is 12.0. The minimum atomic E-state index is -0.987. The lowest BCUT2D eigenvalue weighted by atomic mass is 9.95. The highest BCUT2D eigenvalue weighted by molar-refractivity contribution is 5.95. The maximum absolute atomic E-state index is 12.0. The predicted molar refractivity (Wildman–Crippen MR) is 72.3 cm³/mol. The van der Waals surface area contributed by atoms with Crippen LogP contribution in [0.2, 0.25) is 0 Å². The van der Waals surface area contributed by atoms with Crippen LogP contribution in [0, 0.1) is 18.8 Å². The van der Waals surface area contributed by atoms with Gasteiger partial charge in [-0.15, -0.1) is 0 Å². The van der Waals surface area contributed by atoms with E-state index in [2.05, 4.69) is 5.32 Å². The van der Waals surface area contributed by atoms with Crippen molar-refractivity contribution >= 4 is 17.6 Å². The topological polar surface area (TPSA) is 75.6 Å². The first kappa shape index (κ1) is 15.0. The number of nitrogens with one attached hydrogen (secondary N) is 1. The molecule has 5 heteroatoms. The van der Waals surface area contributed by atoms with Crippen LogP contribution in [0.5, 0.6) is 5.75 Å². The first-order valence-corrected chi connectivity index (χ1v) is 6.05. The Morgan fingerprint density at radius 2 is 1.89 bits per heavy atom. The van der Waals surface area contributed by atoms with Crippen LogP contribution in [-0.2, 0) is 9.59 Å². The summed E-state index contributed by atoms with van der Waals surface area (Å²) in [5.74, 6) is -2.13. The molecule has 2 N–H and O–H groups in total. The quantitative estimate of drug-likeness (QED) is 0.856. The van der Waals surface area contributed by atoms with Crippen molar-refractivity contribution in [1.82, 2.24) is 0 Å². The third-order valence-corrected chi connectivity index (χ3v) is 3.17. The molecule has 19 heavy (non-hydrogen) atoms. The summed E-state index contributed by atoms with van der Waals surface area (Å²) in [6.45, 7) is 5.02. The van der Waals surface area contributed by atoms with Crippen molar-refractivity contribution in [2.24, 2.45) is 11.8 Å². The van der Waals surface area contributed by atoms with Crippen LogP contribution in [-0.4, -0.2) is 24.1 Å². The Bertz CT molecular complexity index is 484. The van der Waals surface area contributed by atoms with E-state index in [1.54, 1.807) is 19.1 Å². The molecule has 0 fully saturated rings. The summed E-state index contributed by atoms with van der Waals surface area (Å²) >= 11 is 0. The van der Waals surface area contributed by atoms with Crippen molar-refractivity contribution in [3.05, 3.63) is 23.8 Å². The smallest absolute Gasteiger partial charge is 0.307 e. The highest BCUT2D eigenvalue weighted by Crippen LogP contribution is 2.26. The molecule has 0 aliphatic heterocycles. The Balaban J connectivity index is 2.85. The summed E-state index contributed by atoms with van der Waals surface area (Å²) in [7, 11) is 1.52. The molecule has 0 aromatic heterocycles. The Hall–Kier alpha value is -2.04. The first-order chi connectivity index (χ1) is 8.86. The zero-order chi connectivity index (χ0) is 14.6. The lowest BCUT2D eigenvalue weighted by Gasteiger charge is -2.17. The van der Waals surface area contributed by atoms with Crippen LogP contribution < -0.4 is 10.1 Å². The molecule has 0 heterocycles. The van der Waals surface area contributed by atoms with Gasteiger partial charge in [0.05, 0.1) is 18.7 Å². The average Bonchev–Trinajstić information content (AvgIpc) is 2.38. The van der Waals surface area contributed by atoms with Gasteiger partial charge >= 0.3 is 5.97 Å². The van der Waals surface area contributed by atoms with Gasteiger partial charge in [-0.1, -0.05) is 19.9 Å². The van der Waals surface area contributed by atoms with Gasteiger partial charge in [-0.2, -0.15) is 0 Å². The van der Waals surface area contributed by atoms with Crippen molar-refractivity contribution in [2.75, 3.05) is 12.4 Å². The summed E-state index contributed by atoms with van der Waals surface area (Å²) in [6.07, 6.45) is 0. The molecule has 0 bridgehead atoms. The standard InChI is InChI=1S/C14H19NO4/c1-8-5-6-11(12(7-8)19-4)15-13(16)9(2)10(3)14(17)18/h5-7,9-10H,1-4H3,(H,15,16)(H,17,18). The number of ether oxygens (including phenoxy) is 1. The molecule has 0 saturated heterocycles.